The minimum absolute atomic E-state index is 0.0680. The highest BCUT2D eigenvalue weighted by Gasteiger charge is 2.31. The molecule has 7 heteroatoms. The van der Waals surface area contributed by atoms with E-state index in [0.717, 1.165) is 36.8 Å². The first kappa shape index (κ1) is 13.6. The van der Waals surface area contributed by atoms with Gasteiger partial charge in [-0.25, -0.2) is 14.4 Å². The van der Waals surface area contributed by atoms with Crippen LogP contribution >= 0.6 is 0 Å². The maximum atomic E-state index is 12.9. The third-order valence-corrected chi connectivity index (χ3v) is 4.15. The van der Waals surface area contributed by atoms with Gasteiger partial charge in [-0.15, -0.1) is 0 Å². The lowest BCUT2D eigenvalue weighted by Crippen LogP contribution is -2.24. The van der Waals surface area contributed by atoms with E-state index in [1.807, 2.05) is 10.9 Å². The molecule has 3 heterocycles. The molecule has 22 heavy (non-hydrogen) atoms. The number of nitrogens with one attached hydrogen (secondary N) is 1. The van der Waals surface area contributed by atoms with Gasteiger partial charge < -0.3 is 10.1 Å². The average molecular weight is 303 g/mol. The average Bonchev–Trinajstić information content (AvgIpc) is 3.02. The highest BCUT2D eigenvalue weighted by atomic mass is 19.1. The van der Waals surface area contributed by atoms with Crippen molar-refractivity contribution in [3.8, 4) is 0 Å². The number of rotatable bonds is 5. The Kier molecular flexibility index (Phi) is 3.49. The zero-order chi connectivity index (χ0) is 14.9. The number of halogens is 1. The fourth-order valence-electron chi connectivity index (χ4n) is 2.81. The third kappa shape index (κ3) is 2.94. The molecule has 2 atom stereocenters. The maximum absolute atomic E-state index is 12.9. The minimum Gasteiger partial charge on any atom is -0.371 e. The zero-order valence-corrected chi connectivity index (χ0v) is 12.2. The molecule has 2 aromatic heterocycles. The van der Waals surface area contributed by atoms with Crippen LogP contribution in [0.2, 0.25) is 0 Å². The highest BCUT2D eigenvalue weighted by molar-refractivity contribution is 5.28. The number of ether oxygens (including phenoxy) is 1. The van der Waals surface area contributed by atoms with Crippen molar-refractivity contribution in [2.75, 3.05) is 11.9 Å². The van der Waals surface area contributed by atoms with Gasteiger partial charge in [0, 0.05) is 24.9 Å². The molecule has 2 aliphatic rings. The van der Waals surface area contributed by atoms with Crippen LogP contribution in [0.25, 0.3) is 0 Å². The normalized spacial score (nSPS) is 24.6. The van der Waals surface area contributed by atoms with Crippen molar-refractivity contribution < 1.29 is 9.13 Å². The summed E-state index contributed by atoms with van der Waals surface area (Å²) in [4.78, 5) is 7.90. The molecule has 4 rings (SSSR count). The van der Waals surface area contributed by atoms with Gasteiger partial charge in [-0.2, -0.15) is 5.10 Å². The molecule has 2 fully saturated rings. The van der Waals surface area contributed by atoms with Crippen LogP contribution in [-0.4, -0.2) is 32.4 Å². The standard InChI is InChI=1S/C15H18FN5O/c16-12-6-17-15(18-7-12)20-13-3-4-22-14(13)11-5-19-21(9-11)8-10-1-2-10/h5-7,9-10,13-14H,1-4,8H2,(H,17,18,20)/t13-,14+/m0/s1. The first-order chi connectivity index (χ1) is 10.8. The van der Waals surface area contributed by atoms with Crippen LogP contribution in [-0.2, 0) is 11.3 Å². The Balaban J connectivity index is 1.45. The number of nitrogens with zero attached hydrogens (tertiary/aromatic N) is 4. The lowest BCUT2D eigenvalue weighted by atomic mass is 10.1. The van der Waals surface area contributed by atoms with Gasteiger partial charge in [0.25, 0.3) is 0 Å². The van der Waals surface area contributed by atoms with Crippen molar-refractivity contribution in [2.24, 2.45) is 5.92 Å². The first-order valence-electron chi connectivity index (χ1n) is 7.66. The summed E-state index contributed by atoms with van der Waals surface area (Å²) in [6, 6.07) is 0.0732. The van der Waals surface area contributed by atoms with Crippen molar-refractivity contribution in [1.29, 1.82) is 0 Å². The molecule has 0 bridgehead atoms. The number of hydrogen-bond donors (Lipinski definition) is 1. The Labute approximate surface area is 127 Å². The molecule has 1 N–H and O–H groups in total. The molecule has 0 unspecified atom stereocenters. The number of hydrogen-bond acceptors (Lipinski definition) is 5. The lowest BCUT2D eigenvalue weighted by molar-refractivity contribution is 0.107. The van der Waals surface area contributed by atoms with E-state index in [1.54, 1.807) is 0 Å². The number of aromatic nitrogens is 4. The molecule has 1 aliphatic carbocycles. The van der Waals surface area contributed by atoms with Crippen molar-refractivity contribution >= 4 is 5.95 Å². The highest BCUT2D eigenvalue weighted by Crippen LogP contribution is 2.33. The molecule has 6 nitrogen and oxygen atoms in total. The summed E-state index contributed by atoms with van der Waals surface area (Å²) in [5.74, 6) is 0.775. The topological polar surface area (TPSA) is 64.9 Å². The summed E-state index contributed by atoms with van der Waals surface area (Å²) >= 11 is 0. The molecule has 1 aliphatic heterocycles. The Bertz CT molecular complexity index is 640. The van der Waals surface area contributed by atoms with Gasteiger partial charge in [0.05, 0.1) is 24.6 Å². The largest absolute Gasteiger partial charge is 0.371 e. The summed E-state index contributed by atoms with van der Waals surface area (Å²) in [5.41, 5.74) is 1.07. The fraction of sp³-hybridized carbons (Fsp3) is 0.533. The second kappa shape index (κ2) is 5.64. The van der Waals surface area contributed by atoms with Crippen molar-refractivity contribution in [3.05, 3.63) is 36.2 Å². The second-order valence-corrected chi connectivity index (χ2v) is 5.99. The smallest absolute Gasteiger partial charge is 0.223 e. The van der Waals surface area contributed by atoms with Gasteiger partial charge >= 0.3 is 0 Å². The molecule has 2 aromatic rings. The lowest BCUT2D eigenvalue weighted by Gasteiger charge is -2.18. The van der Waals surface area contributed by atoms with E-state index in [2.05, 4.69) is 26.6 Å². The van der Waals surface area contributed by atoms with Crippen LogP contribution in [0, 0.1) is 11.7 Å². The van der Waals surface area contributed by atoms with Crippen LogP contribution in [0.4, 0.5) is 10.3 Å². The summed E-state index contributed by atoms with van der Waals surface area (Å²) in [5, 5.41) is 7.65. The Morgan fingerprint density at radius 1 is 1.23 bits per heavy atom. The van der Waals surface area contributed by atoms with E-state index in [0.29, 0.717) is 12.6 Å². The van der Waals surface area contributed by atoms with Crippen LogP contribution < -0.4 is 5.32 Å². The van der Waals surface area contributed by atoms with Gasteiger partial charge in [-0.05, 0) is 25.2 Å². The summed E-state index contributed by atoms with van der Waals surface area (Å²) < 4.78 is 20.7. The van der Waals surface area contributed by atoms with Crippen LogP contribution in [0.5, 0.6) is 0 Å². The molecule has 116 valence electrons. The second-order valence-electron chi connectivity index (χ2n) is 5.99. The molecule has 1 saturated carbocycles. The molecule has 0 aromatic carbocycles. The van der Waals surface area contributed by atoms with Gasteiger partial charge in [0.2, 0.25) is 5.95 Å². The number of anilines is 1. The van der Waals surface area contributed by atoms with E-state index >= 15 is 0 Å². The van der Waals surface area contributed by atoms with Gasteiger partial charge in [0.1, 0.15) is 6.10 Å². The Hall–Kier alpha value is -2.02. The molecular formula is C15H18FN5O. The Morgan fingerprint density at radius 2 is 2.05 bits per heavy atom. The minimum atomic E-state index is -0.439. The monoisotopic (exact) mass is 303 g/mol. The molecular weight excluding hydrogens is 285 g/mol. The van der Waals surface area contributed by atoms with Crippen molar-refractivity contribution in [1.82, 2.24) is 19.7 Å². The van der Waals surface area contributed by atoms with E-state index in [-0.39, 0.29) is 12.1 Å². The van der Waals surface area contributed by atoms with Crippen molar-refractivity contribution in [3.63, 3.8) is 0 Å². The van der Waals surface area contributed by atoms with Crippen LogP contribution in [0.3, 0.4) is 0 Å². The quantitative estimate of drug-likeness (QED) is 0.917. The molecule has 0 spiro atoms. The van der Waals surface area contributed by atoms with E-state index < -0.39 is 5.82 Å². The third-order valence-electron chi connectivity index (χ3n) is 4.15. The molecule has 1 saturated heterocycles. The SMILES string of the molecule is Fc1cnc(N[C@H]2CCO[C@@H]2c2cnn(CC3CC3)c2)nc1. The first-order valence-corrected chi connectivity index (χ1v) is 7.66. The van der Waals surface area contributed by atoms with E-state index in [1.165, 1.54) is 12.8 Å². The van der Waals surface area contributed by atoms with E-state index in [9.17, 15) is 4.39 Å². The van der Waals surface area contributed by atoms with E-state index in [4.69, 9.17) is 4.74 Å². The molecule has 0 amide bonds. The van der Waals surface area contributed by atoms with Gasteiger partial charge in [-0.3, -0.25) is 4.68 Å². The maximum Gasteiger partial charge on any atom is 0.223 e. The van der Waals surface area contributed by atoms with Crippen molar-refractivity contribution in [2.45, 2.75) is 38.0 Å². The summed E-state index contributed by atoms with van der Waals surface area (Å²) in [7, 11) is 0. The van der Waals surface area contributed by atoms with Crippen LogP contribution in [0.15, 0.2) is 24.8 Å². The van der Waals surface area contributed by atoms with Crippen LogP contribution in [0.1, 0.15) is 30.9 Å². The van der Waals surface area contributed by atoms with Gasteiger partial charge in [-0.1, -0.05) is 0 Å². The fourth-order valence-corrected chi connectivity index (χ4v) is 2.81. The van der Waals surface area contributed by atoms with Gasteiger partial charge in [0.15, 0.2) is 5.82 Å². The predicted octanol–water partition coefficient (Wildman–Crippen LogP) is 2.16. The summed E-state index contributed by atoms with van der Waals surface area (Å²) in [6.45, 7) is 1.67. The zero-order valence-electron chi connectivity index (χ0n) is 12.2. The summed E-state index contributed by atoms with van der Waals surface area (Å²) in [6.07, 6.45) is 9.66. The Morgan fingerprint density at radius 3 is 2.82 bits per heavy atom. The molecule has 0 radical (unpaired) electrons. The predicted molar refractivity (Wildman–Crippen MR) is 77.7 cm³/mol.